The summed E-state index contributed by atoms with van der Waals surface area (Å²) in [5, 5.41) is 12.3. The Bertz CT molecular complexity index is 539. The van der Waals surface area contributed by atoms with Crippen molar-refractivity contribution in [3.05, 3.63) is 57.9 Å². The third kappa shape index (κ3) is 2.20. The molecule has 5 heteroatoms. The van der Waals surface area contributed by atoms with E-state index in [-0.39, 0.29) is 17.4 Å². The lowest BCUT2D eigenvalue weighted by molar-refractivity contribution is 0.415. The van der Waals surface area contributed by atoms with E-state index in [0.717, 1.165) is 0 Å². The first-order valence-electron chi connectivity index (χ1n) is 4.78. The Morgan fingerprint density at radius 2 is 2.12 bits per heavy atom. The van der Waals surface area contributed by atoms with Crippen molar-refractivity contribution in [3.8, 4) is 0 Å². The van der Waals surface area contributed by atoms with Crippen molar-refractivity contribution in [3.63, 3.8) is 0 Å². The van der Waals surface area contributed by atoms with Crippen LogP contribution in [0.25, 0.3) is 0 Å². The van der Waals surface area contributed by atoms with E-state index >= 15 is 0 Å². The molecule has 3 N–H and O–H groups in total. The molecule has 16 heavy (non-hydrogen) atoms. The fourth-order valence-corrected chi connectivity index (χ4v) is 1.35. The molecule has 0 fully saturated rings. The molecule has 0 saturated heterocycles. The fourth-order valence-electron chi connectivity index (χ4n) is 1.35. The molecule has 1 aliphatic carbocycles. The van der Waals surface area contributed by atoms with Crippen molar-refractivity contribution in [2.75, 3.05) is 5.32 Å². The highest BCUT2D eigenvalue weighted by Crippen LogP contribution is 2.12. The number of rotatable bonds is 2. The standard InChI is InChI=1S/C11H11N3O2/c1-7-6-9(15)13-11(12-7)14-10(16)8-4-2-3-5-8/h2-6,16H,1H3,(H2,12,13,14,15). The summed E-state index contributed by atoms with van der Waals surface area (Å²) in [6.45, 7) is 1.71. The van der Waals surface area contributed by atoms with Gasteiger partial charge in [-0.1, -0.05) is 12.2 Å². The minimum atomic E-state index is -0.259. The number of hydrogen-bond acceptors (Lipinski definition) is 4. The highest BCUT2D eigenvalue weighted by molar-refractivity contribution is 5.46. The predicted octanol–water partition coefficient (Wildman–Crippen LogP) is 1.39. The first-order chi connectivity index (χ1) is 7.65. The molecule has 0 saturated carbocycles. The smallest absolute Gasteiger partial charge is 0.252 e. The second kappa shape index (κ2) is 4.06. The molecule has 2 rings (SSSR count). The van der Waals surface area contributed by atoms with Gasteiger partial charge in [0, 0.05) is 17.3 Å². The zero-order valence-corrected chi connectivity index (χ0v) is 8.69. The van der Waals surface area contributed by atoms with Gasteiger partial charge in [-0.15, -0.1) is 0 Å². The number of nitrogens with one attached hydrogen (secondary N) is 2. The van der Waals surface area contributed by atoms with Crippen molar-refractivity contribution < 1.29 is 5.11 Å². The highest BCUT2D eigenvalue weighted by atomic mass is 16.3. The number of aromatic nitrogens is 2. The van der Waals surface area contributed by atoms with Gasteiger partial charge in [0.05, 0.1) is 0 Å². The minimum Gasteiger partial charge on any atom is -0.494 e. The van der Waals surface area contributed by atoms with Gasteiger partial charge in [-0.05, 0) is 19.1 Å². The van der Waals surface area contributed by atoms with Crippen LogP contribution in [0.3, 0.4) is 0 Å². The number of aromatic amines is 1. The monoisotopic (exact) mass is 217 g/mol. The molecular formula is C11H11N3O2. The molecule has 1 aliphatic rings. The number of aliphatic hydroxyl groups is 1. The maximum atomic E-state index is 11.2. The van der Waals surface area contributed by atoms with E-state index in [1.165, 1.54) is 6.07 Å². The van der Waals surface area contributed by atoms with E-state index in [2.05, 4.69) is 15.3 Å². The van der Waals surface area contributed by atoms with E-state index in [9.17, 15) is 9.90 Å². The lowest BCUT2D eigenvalue weighted by atomic mass is 10.3. The molecule has 0 aromatic carbocycles. The Balaban J connectivity index is 2.27. The van der Waals surface area contributed by atoms with Crippen molar-refractivity contribution in [2.24, 2.45) is 0 Å². The molecule has 0 spiro atoms. The van der Waals surface area contributed by atoms with Gasteiger partial charge in [-0.2, -0.15) is 0 Å². The number of nitrogens with zero attached hydrogens (tertiary/aromatic N) is 1. The molecule has 0 radical (unpaired) electrons. The predicted molar refractivity (Wildman–Crippen MR) is 61.2 cm³/mol. The van der Waals surface area contributed by atoms with Gasteiger partial charge in [0.15, 0.2) is 5.88 Å². The summed E-state index contributed by atoms with van der Waals surface area (Å²) in [6.07, 6.45) is 7.10. The Kier molecular flexibility index (Phi) is 2.59. The van der Waals surface area contributed by atoms with Gasteiger partial charge < -0.3 is 5.11 Å². The van der Waals surface area contributed by atoms with E-state index < -0.39 is 0 Å². The van der Waals surface area contributed by atoms with Crippen LogP contribution in [0, 0.1) is 6.92 Å². The number of H-pyrrole nitrogens is 1. The van der Waals surface area contributed by atoms with E-state index in [4.69, 9.17) is 0 Å². The van der Waals surface area contributed by atoms with Crippen LogP contribution in [0.5, 0.6) is 0 Å². The summed E-state index contributed by atoms with van der Waals surface area (Å²) in [7, 11) is 0. The van der Waals surface area contributed by atoms with E-state index in [0.29, 0.717) is 11.3 Å². The summed E-state index contributed by atoms with van der Waals surface area (Å²) in [5.41, 5.74) is 0.969. The van der Waals surface area contributed by atoms with Gasteiger partial charge in [-0.25, -0.2) is 4.98 Å². The van der Waals surface area contributed by atoms with Crippen LogP contribution in [-0.4, -0.2) is 15.1 Å². The number of hydrogen-bond donors (Lipinski definition) is 3. The zero-order chi connectivity index (χ0) is 11.5. The van der Waals surface area contributed by atoms with Crippen LogP contribution >= 0.6 is 0 Å². The Morgan fingerprint density at radius 1 is 1.44 bits per heavy atom. The Labute approximate surface area is 91.9 Å². The average Bonchev–Trinajstić information content (AvgIpc) is 2.68. The number of allylic oxidation sites excluding steroid dienone is 5. The molecular weight excluding hydrogens is 206 g/mol. The quantitative estimate of drug-likeness (QED) is 0.654. The lowest BCUT2D eigenvalue weighted by Gasteiger charge is -2.05. The van der Waals surface area contributed by atoms with Crippen molar-refractivity contribution in [1.29, 1.82) is 0 Å². The number of aliphatic hydroxyl groups excluding tert-OH is 1. The molecule has 0 aliphatic heterocycles. The first-order valence-corrected chi connectivity index (χ1v) is 4.78. The van der Waals surface area contributed by atoms with Crippen molar-refractivity contribution >= 4 is 5.95 Å². The summed E-state index contributed by atoms with van der Waals surface area (Å²) in [4.78, 5) is 17.7. The second-order valence-corrected chi connectivity index (χ2v) is 3.38. The molecule has 0 amide bonds. The highest BCUT2D eigenvalue weighted by Gasteiger charge is 2.04. The molecule has 0 unspecified atom stereocenters. The minimum absolute atomic E-state index is 0.0428. The van der Waals surface area contributed by atoms with Crippen LogP contribution in [0.4, 0.5) is 5.95 Å². The third-order valence-electron chi connectivity index (χ3n) is 2.04. The Hall–Kier alpha value is -2.30. The van der Waals surface area contributed by atoms with Crippen molar-refractivity contribution in [1.82, 2.24) is 9.97 Å². The topological polar surface area (TPSA) is 78.0 Å². The van der Waals surface area contributed by atoms with E-state index in [1.807, 2.05) is 0 Å². The van der Waals surface area contributed by atoms with Crippen LogP contribution in [0.1, 0.15) is 5.69 Å². The molecule has 1 heterocycles. The maximum Gasteiger partial charge on any atom is 0.252 e. The zero-order valence-electron chi connectivity index (χ0n) is 8.69. The van der Waals surface area contributed by atoms with Gasteiger partial charge in [0.1, 0.15) is 0 Å². The van der Waals surface area contributed by atoms with Gasteiger partial charge in [0.25, 0.3) is 5.56 Å². The summed E-state index contributed by atoms with van der Waals surface area (Å²) >= 11 is 0. The maximum absolute atomic E-state index is 11.2. The lowest BCUT2D eigenvalue weighted by Crippen LogP contribution is -2.13. The molecule has 0 bridgehead atoms. The molecule has 0 atom stereocenters. The van der Waals surface area contributed by atoms with Crippen molar-refractivity contribution in [2.45, 2.75) is 6.92 Å². The fraction of sp³-hybridized carbons (Fsp3) is 0.0909. The molecule has 82 valence electrons. The van der Waals surface area contributed by atoms with Gasteiger partial charge in [0.2, 0.25) is 5.95 Å². The van der Waals surface area contributed by atoms with Gasteiger partial charge in [-0.3, -0.25) is 15.1 Å². The molecule has 1 aromatic heterocycles. The van der Waals surface area contributed by atoms with Gasteiger partial charge >= 0.3 is 0 Å². The van der Waals surface area contributed by atoms with E-state index in [1.54, 1.807) is 31.2 Å². The first kappa shape index (κ1) is 10.2. The molecule has 5 nitrogen and oxygen atoms in total. The summed E-state index contributed by atoms with van der Waals surface area (Å²) in [5.74, 6) is 0.183. The average molecular weight is 217 g/mol. The van der Waals surface area contributed by atoms with Crippen LogP contribution in [-0.2, 0) is 0 Å². The summed E-state index contributed by atoms with van der Waals surface area (Å²) in [6, 6.07) is 1.38. The normalized spacial score (nSPS) is 13.2. The third-order valence-corrected chi connectivity index (χ3v) is 2.04. The SMILES string of the molecule is Cc1cc(=O)[nH]c(NC(O)=C2C=CC=C2)n1. The second-order valence-electron chi connectivity index (χ2n) is 3.38. The summed E-state index contributed by atoms with van der Waals surface area (Å²) < 4.78 is 0. The number of anilines is 1. The molecule has 1 aromatic rings. The van der Waals surface area contributed by atoms with Crippen LogP contribution in [0.15, 0.2) is 46.6 Å². The van der Waals surface area contributed by atoms with Crippen LogP contribution in [0.2, 0.25) is 0 Å². The van der Waals surface area contributed by atoms with Crippen LogP contribution < -0.4 is 10.9 Å². The number of aryl methyl sites for hydroxylation is 1. The Morgan fingerprint density at radius 3 is 2.75 bits per heavy atom. The largest absolute Gasteiger partial charge is 0.494 e.